The van der Waals surface area contributed by atoms with Gasteiger partial charge in [-0.15, -0.1) is 0 Å². The highest BCUT2D eigenvalue weighted by molar-refractivity contribution is 9.10. The molecule has 0 spiro atoms. The molecule has 1 saturated carbocycles. The molecule has 0 heterocycles. The zero-order valence-electron chi connectivity index (χ0n) is 10.2. The van der Waals surface area contributed by atoms with Crippen LogP contribution in [0.2, 0.25) is 0 Å². The number of hydrazine groups is 1. The molecule has 0 unspecified atom stereocenters. The Morgan fingerprint density at radius 2 is 1.85 bits per heavy atom. The Hall–Kier alpha value is -1.96. The highest BCUT2D eigenvalue weighted by Gasteiger charge is 2.26. The second-order valence-corrected chi connectivity index (χ2v) is 5.13. The van der Waals surface area contributed by atoms with E-state index in [2.05, 4.69) is 21.2 Å². The number of rotatable bonds is 2. The van der Waals surface area contributed by atoms with E-state index in [1.165, 1.54) is 12.1 Å². The Bertz CT molecular complexity index is 575. The molecule has 20 heavy (non-hydrogen) atoms. The third-order valence-corrected chi connectivity index (χ3v) is 3.27. The fourth-order valence-corrected chi connectivity index (χ4v) is 1.81. The molecular weight excluding hydrogens is 333 g/mol. The van der Waals surface area contributed by atoms with Gasteiger partial charge in [0.05, 0.1) is 5.56 Å². The van der Waals surface area contributed by atoms with Gasteiger partial charge in [-0.3, -0.25) is 25.2 Å². The topological polar surface area (TPSA) is 87.3 Å². The molecule has 0 atom stereocenters. The first-order valence-electron chi connectivity index (χ1n) is 5.83. The molecule has 1 aliphatic rings. The van der Waals surface area contributed by atoms with Crippen molar-refractivity contribution in [1.82, 2.24) is 16.2 Å². The summed E-state index contributed by atoms with van der Waals surface area (Å²) in [6, 6.07) is 3.60. The minimum absolute atomic E-state index is 0.00732. The second kappa shape index (κ2) is 6.00. The normalized spacial score (nSPS) is 13.5. The third kappa shape index (κ3) is 3.77. The maximum Gasteiger partial charge on any atom is 0.327 e. The number of carbonyl (C=O) groups is 3. The van der Waals surface area contributed by atoms with Crippen LogP contribution in [0.1, 0.15) is 23.2 Å². The maximum absolute atomic E-state index is 13.0. The van der Waals surface area contributed by atoms with Crippen LogP contribution in [0.15, 0.2) is 22.7 Å². The van der Waals surface area contributed by atoms with Crippen molar-refractivity contribution in [3.8, 4) is 0 Å². The number of carbonyl (C=O) groups excluding carboxylic acids is 3. The van der Waals surface area contributed by atoms with Crippen LogP contribution in [0, 0.1) is 5.82 Å². The smallest absolute Gasteiger partial charge is 0.327 e. The van der Waals surface area contributed by atoms with Crippen molar-refractivity contribution < 1.29 is 18.8 Å². The quantitative estimate of drug-likeness (QED) is 0.543. The predicted molar refractivity (Wildman–Crippen MR) is 70.9 cm³/mol. The third-order valence-electron chi connectivity index (χ3n) is 2.58. The zero-order chi connectivity index (χ0) is 14.7. The van der Waals surface area contributed by atoms with E-state index < -0.39 is 23.5 Å². The van der Waals surface area contributed by atoms with E-state index in [0.29, 0.717) is 4.47 Å². The van der Waals surface area contributed by atoms with Crippen LogP contribution < -0.4 is 16.2 Å². The standard InChI is InChI=1S/C12H11BrFN3O3/c13-9-4-1-6(14)5-8(9)10(18)16-17-12(20)11(19)15-7-2-3-7/h1,4-5,7H,2-3H2,(H,15,19)(H,16,18)(H,17,20). The molecule has 0 radical (unpaired) electrons. The molecule has 3 amide bonds. The van der Waals surface area contributed by atoms with Gasteiger partial charge < -0.3 is 5.32 Å². The lowest BCUT2D eigenvalue weighted by molar-refractivity contribution is -0.139. The van der Waals surface area contributed by atoms with E-state index in [1.54, 1.807) is 0 Å². The van der Waals surface area contributed by atoms with Gasteiger partial charge in [0.1, 0.15) is 5.82 Å². The number of hydrogen-bond acceptors (Lipinski definition) is 3. The highest BCUT2D eigenvalue weighted by atomic mass is 79.9. The summed E-state index contributed by atoms with van der Waals surface area (Å²) in [5.41, 5.74) is 4.02. The van der Waals surface area contributed by atoms with Gasteiger partial charge in [-0.2, -0.15) is 0 Å². The summed E-state index contributed by atoms with van der Waals surface area (Å²) in [5.74, 6) is -3.11. The minimum atomic E-state index is -0.974. The largest absolute Gasteiger partial charge is 0.345 e. The molecular formula is C12H11BrFN3O3. The molecule has 0 aliphatic heterocycles. The van der Waals surface area contributed by atoms with E-state index in [1.807, 2.05) is 10.9 Å². The van der Waals surface area contributed by atoms with Crippen LogP contribution in [-0.2, 0) is 9.59 Å². The zero-order valence-corrected chi connectivity index (χ0v) is 11.8. The van der Waals surface area contributed by atoms with Crippen LogP contribution in [-0.4, -0.2) is 23.8 Å². The molecule has 106 valence electrons. The summed E-state index contributed by atoms with van der Waals surface area (Å²) in [6.45, 7) is 0. The summed E-state index contributed by atoms with van der Waals surface area (Å²) < 4.78 is 13.4. The predicted octanol–water partition coefficient (Wildman–Crippen LogP) is 0.628. The van der Waals surface area contributed by atoms with Crippen LogP contribution >= 0.6 is 15.9 Å². The molecule has 1 aromatic rings. The van der Waals surface area contributed by atoms with Gasteiger partial charge in [-0.05, 0) is 47.0 Å². The summed E-state index contributed by atoms with van der Waals surface area (Å²) in [6.07, 6.45) is 1.70. The van der Waals surface area contributed by atoms with Crippen LogP contribution in [0.3, 0.4) is 0 Å². The van der Waals surface area contributed by atoms with Gasteiger partial charge >= 0.3 is 11.8 Å². The second-order valence-electron chi connectivity index (χ2n) is 4.28. The van der Waals surface area contributed by atoms with Crippen LogP contribution in [0.25, 0.3) is 0 Å². The van der Waals surface area contributed by atoms with Crippen molar-refractivity contribution in [3.05, 3.63) is 34.1 Å². The summed E-state index contributed by atoms with van der Waals surface area (Å²) in [5, 5.41) is 2.47. The molecule has 0 bridgehead atoms. The molecule has 0 aromatic heterocycles. The van der Waals surface area contributed by atoms with E-state index in [4.69, 9.17) is 0 Å². The van der Waals surface area contributed by atoms with Crippen LogP contribution in [0.4, 0.5) is 4.39 Å². The SMILES string of the molecule is O=C(NNC(=O)c1cc(F)ccc1Br)C(=O)NC1CC1. The first kappa shape index (κ1) is 14.4. The van der Waals surface area contributed by atoms with Gasteiger partial charge in [0.25, 0.3) is 5.91 Å². The molecule has 0 saturated heterocycles. The molecule has 2 rings (SSSR count). The van der Waals surface area contributed by atoms with Gasteiger partial charge in [0.15, 0.2) is 0 Å². The van der Waals surface area contributed by atoms with Crippen molar-refractivity contribution in [1.29, 1.82) is 0 Å². The molecule has 1 aliphatic carbocycles. The van der Waals surface area contributed by atoms with Crippen molar-refractivity contribution >= 4 is 33.7 Å². The Morgan fingerprint density at radius 3 is 2.50 bits per heavy atom. The van der Waals surface area contributed by atoms with Crippen molar-refractivity contribution in [2.75, 3.05) is 0 Å². The summed E-state index contributed by atoms with van der Waals surface area (Å²) in [7, 11) is 0. The Labute approximate surface area is 122 Å². The summed E-state index contributed by atoms with van der Waals surface area (Å²) >= 11 is 3.09. The molecule has 1 fully saturated rings. The molecule has 1 aromatic carbocycles. The van der Waals surface area contributed by atoms with Gasteiger partial charge in [-0.25, -0.2) is 4.39 Å². The Balaban J connectivity index is 1.89. The van der Waals surface area contributed by atoms with E-state index in [-0.39, 0.29) is 11.6 Å². The number of benzene rings is 1. The number of nitrogens with one attached hydrogen (secondary N) is 3. The number of hydrogen-bond donors (Lipinski definition) is 3. The van der Waals surface area contributed by atoms with Crippen molar-refractivity contribution in [2.24, 2.45) is 0 Å². The lowest BCUT2D eigenvalue weighted by atomic mass is 10.2. The highest BCUT2D eigenvalue weighted by Crippen LogP contribution is 2.18. The maximum atomic E-state index is 13.0. The lowest BCUT2D eigenvalue weighted by Gasteiger charge is -2.08. The van der Waals surface area contributed by atoms with E-state index in [0.717, 1.165) is 18.9 Å². The fraction of sp³-hybridized carbons (Fsp3) is 0.250. The molecule has 3 N–H and O–H groups in total. The first-order valence-corrected chi connectivity index (χ1v) is 6.63. The Kier molecular flexibility index (Phi) is 4.33. The monoisotopic (exact) mass is 343 g/mol. The summed E-state index contributed by atoms with van der Waals surface area (Å²) in [4.78, 5) is 34.4. The molecule has 8 heteroatoms. The average molecular weight is 344 g/mol. The van der Waals surface area contributed by atoms with E-state index >= 15 is 0 Å². The van der Waals surface area contributed by atoms with Crippen molar-refractivity contribution in [3.63, 3.8) is 0 Å². The lowest BCUT2D eigenvalue weighted by Crippen LogP contribution is -2.49. The van der Waals surface area contributed by atoms with Gasteiger partial charge in [0, 0.05) is 10.5 Å². The van der Waals surface area contributed by atoms with E-state index in [9.17, 15) is 18.8 Å². The minimum Gasteiger partial charge on any atom is -0.345 e. The number of amides is 3. The molecule has 6 nitrogen and oxygen atoms in total. The van der Waals surface area contributed by atoms with Crippen molar-refractivity contribution in [2.45, 2.75) is 18.9 Å². The Morgan fingerprint density at radius 1 is 1.15 bits per heavy atom. The average Bonchev–Trinajstić information content (AvgIpc) is 3.22. The fourth-order valence-electron chi connectivity index (χ4n) is 1.39. The first-order chi connectivity index (χ1) is 9.47. The van der Waals surface area contributed by atoms with Gasteiger partial charge in [0.2, 0.25) is 0 Å². The van der Waals surface area contributed by atoms with Gasteiger partial charge in [-0.1, -0.05) is 0 Å². The van der Waals surface area contributed by atoms with Crippen LogP contribution in [0.5, 0.6) is 0 Å². The number of halogens is 2.